The van der Waals surface area contributed by atoms with E-state index in [9.17, 15) is 9.90 Å². The zero-order valence-corrected chi connectivity index (χ0v) is 10.7. The number of carbonyl (C=O) groups is 1. The Hall–Kier alpha value is -0.910. The molecule has 2 N–H and O–H groups in total. The summed E-state index contributed by atoms with van der Waals surface area (Å²) in [6.07, 6.45) is 1.06. The average Bonchev–Trinajstić information content (AvgIpc) is 2.68. The Balaban J connectivity index is 2.45. The number of aliphatic carboxylic acids is 1. The molecule has 0 aliphatic heterocycles. The molecule has 1 aromatic carbocycles. The van der Waals surface area contributed by atoms with Gasteiger partial charge in [-0.05, 0) is 30.0 Å². The number of aliphatic hydroxyl groups excluding tert-OH is 1. The maximum absolute atomic E-state index is 11.5. The number of benzene rings is 1. The van der Waals surface area contributed by atoms with Gasteiger partial charge in [0.2, 0.25) is 0 Å². The summed E-state index contributed by atoms with van der Waals surface area (Å²) in [5.41, 5.74) is 0.364. The van der Waals surface area contributed by atoms with Gasteiger partial charge in [0.25, 0.3) is 0 Å². The zero-order valence-electron chi connectivity index (χ0n) is 9.15. The second-order valence-corrected chi connectivity index (χ2v) is 4.82. The number of aliphatic hydroxyl groups is 1. The Kier molecular flexibility index (Phi) is 3.51. The standard InChI is InChI=1S/C12H13BrO4/c13-10-3-1-2-9-8(10)4-5-12(9,11(15)16)17-7-6-14/h1-3,14H,4-7H2,(H,15,16). The average molecular weight is 301 g/mol. The number of carboxylic acid groups (broad SMARTS) is 1. The second kappa shape index (κ2) is 4.76. The van der Waals surface area contributed by atoms with Crippen LogP contribution in [0, 0.1) is 0 Å². The normalized spacial score (nSPS) is 22.5. The molecule has 0 radical (unpaired) electrons. The summed E-state index contributed by atoms with van der Waals surface area (Å²) in [5, 5.41) is 18.2. The first-order chi connectivity index (χ1) is 8.12. The molecule has 0 saturated heterocycles. The number of hydrogen-bond acceptors (Lipinski definition) is 3. The maximum Gasteiger partial charge on any atom is 0.340 e. The Bertz CT molecular complexity index is 446. The van der Waals surface area contributed by atoms with Crippen LogP contribution in [0.1, 0.15) is 17.5 Å². The molecule has 4 nitrogen and oxygen atoms in total. The van der Waals surface area contributed by atoms with Crippen LogP contribution in [0.4, 0.5) is 0 Å². The molecule has 1 aliphatic carbocycles. The van der Waals surface area contributed by atoms with Gasteiger partial charge in [0.05, 0.1) is 13.2 Å². The molecule has 2 rings (SSSR count). The Labute approximate surface area is 107 Å². The van der Waals surface area contributed by atoms with E-state index in [2.05, 4.69) is 15.9 Å². The van der Waals surface area contributed by atoms with E-state index >= 15 is 0 Å². The van der Waals surface area contributed by atoms with Crippen LogP contribution < -0.4 is 0 Å². The van der Waals surface area contributed by atoms with Crippen LogP contribution >= 0.6 is 15.9 Å². The van der Waals surface area contributed by atoms with Gasteiger partial charge in [-0.1, -0.05) is 28.1 Å². The summed E-state index contributed by atoms with van der Waals surface area (Å²) in [6.45, 7) is -0.156. The van der Waals surface area contributed by atoms with Gasteiger partial charge in [0.15, 0.2) is 5.60 Å². The molecule has 92 valence electrons. The van der Waals surface area contributed by atoms with E-state index in [-0.39, 0.29) is 13.2 Å². The van der Waals surface area contributed by atoms with Crippen molar-refractivity contribution in [1.82, 2.24) is 0 Å². The first-order valence-electron chi connectivity index (χ1n) is 5.38. The monoisotopic (exact) mass is 300 g/mol. The van der Waals surface area contributed by atoms with E-state index in [4.69, 9.17) is 9.84 Å². The van der Waals surface area contributed by atoms with E-state index in [1.165, 1.54) is 0 Å². The van der Waals surface area contributed by atoms with E-state index < -0.39 is 11.6 Å². The third-order valence-corrected chi connectivity index (χ3v) is 3.81. The molecule has 1 aliphatic rings. The van der Waals surface area contributed by atoms with Gasteiger partial charge in [0, 0.05) is 4.47 Å². The van der Waals surface area contributed by atoms with Crippen LogP contribution in [0.25, 0.3) is 0 Å². The maximum atomic E-state index is 11.5. The van der Waals surface area contributed by atoms with Gasteiger partial charge >= 0.3 is 5.97 Å². The first kappa shape index (κ1) is 12.5. The van der Waals surface area contributed by atoms with Crippen molar-refractivity contribution < 1.29 is 19.7 Å². The molecule has 0 fully saturated rings. The molecule has 0 bridgehead atoms. The van der Waals surface area contributed by atoms with Crippen LogP contribution in [-0.4, -0.2) is 29.4 Å². The molecule has 0 heterocycles. The van der Waals surface area contributed by atoms with Crippen molar-refractivity contribution in [2.75, 3.05) is 13.2 Å². The van der Waals surface area contributed by atoms with Crippen molar-refractivity contribution >= 4 is 21.9 Å². The number of rotatable bonds is 4. The first-order valence-corrected chi connectivity index (χ1v) is 6.17. The van der Waals surface area contributed by atoms with Crippen LogP contribution in [-0.2, 0) is 21.6 Å². The van der Waals surface area contributed by atoms with Gasteiger partial charge in [-0.2, -0.15) is 0 Å². The summed E-state index contributed by atoms with van der Waals surface area (Å²) in [5.74, 6) is -0.997. The Morgan fingerprint density at radius 2 is 2.29 bits per heavy atom. The molecule has 1 unspecified atom stereocenters. The Morgan fingerprint density at radius 3 is 2.94 bits per heavy atom. The fourth-order valence-corrected chi connectivity index (χ4v) is 2.84. The zero-order chi connectivity index (χ0) is 12.5. The SMILES string of the molecule is O=C(O)C1(OCCO)CCc2c(Br)cccc21. The predicted octanol–water partition coefficient (Wildman–Crippen LogP) is 1.68. The quantitative estimate of drug-likeness (QED) is 0.888. The molecule has 0 saturated carbocycles. The fraction of sp³-hybridized carbons (Fsp3) is 0.417. The van der Waals surface area contributed by atoms with Crippen molar-refractivity contribution in [2.24, 2.45) is 0 Å². The van der Waals surface area contributed by atoms with E-state index in [1.54, 1.807) is 12.1 Å². The highest BCUT2D eigenvalue weighted by Crippen LogP contribution is 2.43. The highest BCUT2D eigenvalue weighted by atomic mass is 79.9. The summed E-state index contributed by atoms with van der Waals surface area (Å²) in [7, 11) is 0. The van der Waals surface area contributed by atoms with Crippen molar-refractivity contribution in [3.8, 4) is 0 Å². The number of hydrogen-bond donors (Lipinski definition) is 2. The van der Waals surface area contributed by atoms with Gasteiger partial charge < -0.3 is 14.9 Å². The molecule has 0 amide bonds. The molecule has 5 heteroatoms. The lowest BCUT2D eigenvalue weighted by Crippen LogP contribution is -2.37. The lowest BCUT2D eigenvalue weighted by Gasteiger charge is -2.25. The molecule has 0 spiro atoms. The summed E-state index contributed by atoms with van der Waals surface area (Å²) < 4.78 is 6.32. The Morgan fingerprint density at radius 1 is 1.53 bits per heavy atom. The molecule has 1 aromatic rings. The van der Waals surface area contributed by atoms with Crippen LogP contribution in [0.2, 0.25) is 0 Å². The van der Waals surface area contributed by atoms with Gasteiger partial charge in [-0.15, -0.1) is 0 Å². The smallest absolute Gasteiger partial charge is 0.340 e. The minimum absolute atomic E-state index is 0.0260. The number of halogens is 1. The van der Waals surface area contributed by atoms with Crippen molar-refractivity contribution in [2.45, 2.75) is 18.4 Å². The summed E-state index contributed by atoms with van der Waals surface area (Å²) in [4.78, 5) is 11.5. The van der Waals surface area contributed by atoms with Crippen molar-refractivity contribution in [3.63, 3.8) is 0 Å². The molecular weight excluding hydrogens is 288 g/mol. The van der Waals surface area contributed by atoms with E-state index in [1.807, 2.05) is 6.07 Å². The van der Waals surface area contributed by atoms with E-state index in [0.29, 0.717) is 18.4 Å². The van der Waals surface area contributed by atoms with Crippen LogP contribution in [0.15, 0.2) is 22.7 Å². The third-order valence-electron chi connectivity index (χ3n) is 3.07. The van der Waals surface area contributed by atoms with Crippen molar-refractivity contribution in [3.05, 3.63) is 33.8 Å². The topological polar surface area (TPSA) is 66.8 Å². The molecular formula is C12H13BrO4. The van der Waals surface area contributed by atoms with Crippen LogP contribution in [0.5, 0.6) is 0 Å². The van der Waals surface area contributed by atoms with Crippen LogP contribution in [0.3, 0.4) is 0 Å². The highest BCUT2D eigenvalue weighted by molar-refractivity contribution is 9.10. The lowest BCUT2D eigenvalue weighted by atomic mass is 9.96. The number of fused-ring (bicyclic) bond motifs is 1. The van der Waals surface area contributed by atoms with Gasteiger partial charge in [0.1, 0.15) is 0 Å². The molecule has 0 aromatic heterocycles. The fourth-order valence-electron chi connectivity index (χ4n) is 2.28. The minimum Gasteiger partial charge on any atom is -0.479 e. The summed E-state index contributed by atoms with van der Waals surface area (Å²) >= 11 is 3.42. The van der Waals surface area contributed by atoms with E-state index in [0.717, 1.165) is 10.0 Å². The molecule has 17 heavy (non-hydrogen) atoms. The number of carboxylic acids is 1. The largest absolute Gasteiger partial charge is 0.479 e. The lowest BCUT2D eigenvalue weighted by molar-refractivity contribution is -0.169. The minimum atomic E-state index is -1.30. The number of ether oxygens (including phenoxy) is 1. The molecule has 1 atom stereocenters. The van der Waals surface area contributed by atoms with Gasteiger partial charge in [-0.25, -0.2) is 4.79 Å². The van der Waals surface area contributed by atoms with Gasteiger partial charge in [-0.3, -0.25) is 0 Å². The second-order valence-electron chi connectivity index (χ2n) is 3.97. The third kappa shape index (κ3) is 1.99. The van der Waals surface area contributed by atoms with Crippen molar-refractivity contribution in [1.29, 1.82) is 0 Å². The highest BCUT2D eigenvalue weighted by Gasteiger charge is 2.47. The summed E-state index contributed by atoms with van der Waals surface area (Å²) in [6, 6.07) is 5.47. The predicted molar refractivity (Wildman–Crippen MR) is 64.8 cm³/mol.